The highest BCUT2D eigenvalue weighted by Gasteiger charge is 2.17. The number of phenols is 1. The maximum absolute atomic E-state index is 11.9. The van der Waals surface area contributed by atoms with Gasteiger partial charge in [-0.3, -0.25) is 0 Å². The summed E-state index contributed by atoms with van der Waals surface area (Å²) in [5.74, 6) is 0.286. The number of fused-ring (bicyclic) bond motifs is 1. The number of carbonyl (C=O) groups excluding carboxylic acids is 1. The fraction of sp³-hybridized carbons (Fsp3) is 0.318. The number of H-pyrrole nitrogens is 1. The second kappa shape index (κ2) is 7.74. The molecule has 3 rings (SSSR count). The highest BCUT2D eigenvalue weighted by molar-refractivity contribution is 5.85. The van der Waals surface area contributed by atoms with Crippen LogP contribution < -0.4 is 5.32 Å². The lowest BCUT2D eigenvalue weighted by atomic mass is 10.0. The molecule has 0 aliphatic rings. The van der Waals surface area contributed by atoms with Crippen molar-refractivity contribution in [3.63, 3.8) is 0 Å². The molecule has 0 atom stereocenters. The van der Waals surface area contributed by atoms with E-state index in [0.29, 0.717) is 19.4 Å². The van der Waals surface area contributed by atoms with Crippen LogP contribution in [0.1, 0.15) is 37.6 Å². The number of amides is 1. The summed E-state index contributed by atoms with van der Waals surface area (Å²) in [7, 11) is 0. The van der Waals surface area contributed by atoms with Gasteiger partial charge in [0, 0.05) is 29.6 Å². The minimum Gasteiger partial charge on any atom is -0.508 e. The summed E-state index contributed by atoms with van der Waals surface area (Å²) >= 11 is 0. The van der Waals surface area contributed by atoms with Crippen LogP contribution >= 0.6 is 0 Å². The van der Waals surface area contributed by atoms with Gasteiger partial charge in [-0.1, -0.05) is 36.4 Å². The number of carbonyl (C=O) groups is 1. The zero-order valence-electron chi connectivity index (χ0n) is 16.0. The van der Waals surface area contributed by atoms with Gasteiger partial charge in [-0.2, -0.15) is 0 Å². The Kier molecular flexibility index (Phi) is 5.40. The number of hydrogen-bond donors (Lipinski definition) is 3. The fourth-order valence-electron chi connectivity index (χ4n) is 3.15. The Bertz CT molecular complexity index is 938. The molecule has 0 aliphatic carbocycles. The number of benzene rings is 2. The smallest absolute Gasteiger partial charge is 0.407 e. The number of aromatic nitrogens is 1. The first-order chi connectivity index (χ1) is 12.8. The fourth-order valence-corrected chi connectivity index (χ4v) is 3.15. The van der Waals surface area contributed by atoms with Crippen molar-refractivity contribution in [1.82, 2.24) is 10.3 Å². The van der Waals surface area contributed by atoms with Crippen molar-refractivity contribution in [2.24, 2.45) is 0 Å². The van der Waals surface area contributed by atoms with E-state index < -0.39 is 11.7 Å². The predicted octanol–water partition coefficient (Wildman–Crippen LogP) is 4.53. The normalized spacial score (nSPS) is 11.5. The van der Waals surface area contributed by atoms with Crippen LogP contribution in [0.4, 0.5) is 4.79 Å². The quantitative estimate of drug-likeness (QED) is 0.621. The van der Waals surface area contributed by atoms with Crippen molar-refractivity contribution in [2.45, 2.75) is 39.2 Å². The molecule has 0 unspecified atom stereocenters. The van der Waals surface area contributed by atoms with Crippen LogP contribution in [0.2, 0.25) is 0 Å². The minimum absolute atomic E-state index is 0.286. The van der Waals surface area contributed by atoms with E-state index >= 15 is 0 Å². The highest BCUT2D eigenvalue weighted by Crippen LogP contribution is 2.27. The van der Waals surface area contributed by atoms with Crippen molar-refractivity contribution >= 4 is 17.0 Å². The molecule has 1 aromatic heterocycles. The van der Waals surface area contributed by atoms with Gasteiger partial charge in [0.1, 0.15) is 11.4 Å². The third-order valence-electron chi connectivity index (χ3n) is 4.30. The molecular weight excluding hydrogens is 340 g/mol. The largest absolute Gasteiger partial charge is 0.508 e. The average molecular weight is 366 g/mol. The van der Waals surface area contributed by atoms with Crippen molar-refractivity contribution in [3.05, 3.63) is 65.4 Å². The van der Waals surface area contributed by atoms with Gasteiger partial charge in [0.05, 0.1) is 0 Å². The Morgan fingerprint density at radius 1 is 1.11 bits per heavy atom. The van der Waals surface area contributed by atoms with Crippen molar-refractivity contribution in [2.75, 3.05) is 6.54 Å². The molecule has 0 aliphatic heterocycles. The van der Waals surface area contributed by atoms with E-state index in [4.69, 9.17) is 4.74 Å². The number of hydrogen-bond acceptors (Lipinski definition) is 3. The summed E-state index contributed by atoms with van der Waals surface area (Å²) in [6.45, 7) is 6.01. The Hall–Kier alpha value is -2.95. The molecule has 3 aromatic rings. The number of phenolic OH excluding ortho intramolecular Hbond substituents is 1. The standard InChI is InChI=1S/C22H26N2O3/c1-22(2,3)27-21(26)23-13-12-17-16-9-5-6-10-18(16)24-19(17)14-15-8-4-7-11-20(15)25/h4-11,24-25H,12-14H2,1-3H3,(H,23,26). The van der Waals surface area contributed by atoms with Gasteiger partial charge >= 0.3 is 6.09 Å². The molecule has 0 saturated heterocycles. The molecule has 0 saturated carbocycles. The van der Waals surface area contributed by atoms with E-state index in [1.54, 1.807) is 6.07 Å². The summed E-state index contributed by atoms with van der Waals surface area (Å²) in [6, 6.07) is 15.5. The van der Waals surface area contributed by atoms with E-state index in [9.17, 15) is 9.90 Å². The summed E-state index contributed by atoms with van der Waals surface area (Å²) in [5, 5.41) is 14.1. The van der Waals surface area contributed by atoms with Gasteiger partial charge in [0.2, 0.25) is 0 Å². The van der Waals surface area contributed by atoms with Crippen molar-refractivity contribution < 1.29 is 14.6 Å². The van der Waals surface area contributed by atoms with E-state index in [2.05, 4.69) is 16.4 Å². The molecule has 3 N–H and O–H groups in total. The van der Waals surface area contributed by atoms with Gasteiger partial charge in [0.15, 0.2) is 0 Å². The summed E-state index contributed by atoms with van der Waals surface area (Å²) in [4.78, 5) is 15.4. The summed E-state index contributed by atoms with van der Waals surface area (Å²) < 4.78 is 5.30. The summed E-state index contributed by atoms with van der Waals surface area (Å²) in [6.07, 6.45) is 0.861. The first-order valence-electron chi connectivity index (χ1n) is 9.15. The van der Waals surface area contributed by atoms with Crippen molar-refractivity contribution in [1.29, 1.82) is 0 Å². The zero-order chi connectivity index (χ0) is 19.4. The number of aromatic hydroxyl groups is 1. The molecule has 1 heterocycles. The van der Waals surface area contributed by atoms with E-state index in [1.165, 1.54) is 0 Å². The van der Waals surface area contributed by atoms with E-state index in [-0.39, 0.29) is 5.75 Å². The second-order valence-corrected chi connectivity index (χ2v) is 7.61. The van der Waals surface area contributed by atoms with Gasteiger partial charge in [0.25, 0.3) is 0 Å². The van der Waals surface area contributed by atoms with E-state index in [1.807, 2.05) is 57.2 Å². The molecule has 142 valence electrons. The Labute approximate surface area is 159 Å². The molecule has 0 fully saturated rings. The molecule has 2 aromatic carbocycles. The maximum atomic E-state index is 11.9. The third kappa shape index (κ3) is 4.82. The lowest BCUT2D eigenvalue weighted by Gasteiger charge is -2.19. The Morgan fingerprint density at radius 2 is 1.81 bits per heavy atom. The van der Waals surface area contributed by atoms with Crippen molar-refractivity contribution in [3.8, 4) is 5.75 Å². The van der Waals surface area contributed by atoms with Crippen LogP contribution in [0.15, 0.2) is 48.5 Å². The lowest BCUT2D eigenvalue weighted by Crippen LogP contribution is -2.33. The zero-order valence-corrected chi connectivity index (χ0v) is 16.0. The molecular formula is C22H26N2O3. The van der Waals surface area contributed by atoms with Crippen LogP contribution in [0.5, 0.6) is 5.75 Å². The molecule has 0 bridgehead atoms. The van der Waals surface area contributed by atoms with Crippen LogP contribution in [0, 0.1) is 0 Å². The maximum Gasteiger partial charge on any atom is 0.407 e. The number of para-hydroxylation sites is 2. The SMILES string of the molecule is CC(C)(C)OC(=O)NCCc1c(Cc2ccccc2O)[nH]c2ccccc12. The number of nitrogens with one attached hydrogen (secondary N) is 2. The van der Waals surface area contributed by atoms with Gasteiger partial charge < -0.3 is 20.1 Å². The van der Waals surface area contributed by atoms with Crippen LogP contribution in [-0.2, 0) is 17.6 Å². The lowest BCUT2D eigenvalue weighted by molar-refractivity contribution is 0.0528. The second-order valence-electron chi connectivity index (χ2n) is 7.61. The highest BCUT2D eigenvalue weighted by atomic mass is 16.6. The number of alkyl carbamates (subject to hydrolysis) is 1. The number of rotatable bonds is 5. The number of aromatic amines is 1. The molecule has 5 heteroatoms. The minimum atomic E-state index is -0.513. The first kappa shape index (κ1) is 18.8. The molecule has 0 radical (unpaired) electrons. The summed E-state index contributed by atoms with van der Waals surface area (Å²) in [5.41, 5.74) is 3.59. The number of ether oxygens (including phenoxy) is 1. The van der Waals surface area contributed by atoms with Gasteiger partial charge in [-0.15, -0.1) is 0 Å². The average Bonchev–Trinajstić information content (AvgIpc) is 2.93. The molecule has 0 spiro atoms. The predicted molar refractivity (Wildman–Crippen MR) is 107 cm³/mol. The van der Waals surface area contributed by atoms with Gasteiger partial charge in [-0.25, -0.2) is 4.79 Å². The van der Waals surface area contributed by atoms with E-state index in [0.717, 1.165) is 27.7 Å². The van der Waals surface area contributed by atoms with Crippen LogP contribution in [0.25, 0.3) is 10.9 Å². The molecule has 5 nitrogen and oxygen atoms in total. The topological polar surface area (TPSA) is 74.3 Å². The molecule has 1 amide bonds. The van der Waals surface area contributed by atoms with Crippen LogP contribution in [-0.4, -0.2) is 28.3 Å². The van der Waals surface area contributed by atoms with Crippen LogP contribution in [0.3, 0.4) is 0 Å². The Morgan fingerprint density at radius 3 is 2.56 bits per heavy atom. The van der Waals surface area contributed by atoms with Gasteiger partial charge in [-0.05, 0) is 50.5 Å². The first-order valence-corrected chi connectivity index (χ1v) is 9.15. The monoisotopic (exact) mass is 366 g/mol. The molecule has 27 heavy (non-hydrogen) atoms. The third-order valence-corrected chi connectivity index (χ3v) is 4.30. The Balaban J connectivity index is 1.79.